The molecule has 3 rings (SSSR count). The number of carbonyl (C=O) groups excluding carboxylic acids is 1. The fourth-order valence-electron chi connectivity index (χ4n) is 2.63. The molecule has 6 heteroatoms. The van der Waals surface area contributed by atoms with Crippen LogP contribution in [0.2, 0.25) is 5.02 Å². The zero-order chi connectivity index (χ0) is 19.2. The highest BCUT2D eigenvalue weighted by molar-refractivity contribution is 6.30. The highest BCUT2D eigenvalue weighted by Gasteiger charge is 2.08. The van der Waals surface area contributed by atoms with Crippen LogP contribution in [0.25, 0.3) is 11.3 Å². The summed E-state index contributed by atoms with van der Waals surface area (Å²) < 4.78 is 1.17. The van der Waals surface area contributed by atoms with Crippen LogP contribution in [0, 0.1) is 6.92 Å². The number of carbonyl (C=O) groups is 1. The van der Waals surface area contributed by atoms with Crippen molar-refractivity contribution < 1.29 is 4.79 Å². The summed E-state index contributed by atoms with van der Waals surface area (Å²) in [6.07, 6.45) is 0.735. The van der Waals surface area contributed by atoms with Crippen molar-refractivity contribution in [3.05, 3.63) is 87.2 Å². The van der Waals surface area contributed by atoms with E-state index in [0.717, 1.165) is 17.5 Å². The molecule has 138 valence electrons. The third-order valence-electron chi connectivity index (χ3n) is 4.16. The average molecular weight is 382 g/mol. The molecule has 5 nitrogen and oxygen atoms in total. The molecule has 0 atom stereocenters. The molecule has 1 N–H and O–H groups in total. The third kappa shape index (κ3) is 5.28. The SMILES string of the molecule is Cc1ccc(CCNC(=O)Cn2nc(-c3ccc(Cl)cc3)ccc2=O)cc1. The van der Waals surface area contributed by atoms with Crippen LogP contribution in [0.4, 0.5) is 0 Å². The van der Waals surface area contributed by atoms with Gasteiger partial charge in [-0.05, 0) is 37.1 Å². The highest BCUT2D eigenvalue weighted by atomic mass is 35.5. The fraction of sp³-hybridized carbons (Fsp3) is 0.190. The average Bonchev–Trinajstić information content (AvgIpc) is 2.66. The van der Waals surface area contributed by atoms with Crippen molar-refractivity contribution in [2.24, 2.45) is 0 Å². The second kappa shape index (κ2) is 8.64. The minimum atomic E-state index is -0.318. The van der Waals surface area contributed by atoms with Gasteiger partial charge in [0.25, 0.3) is 5.56 Å². The topological polar surface area (TPSA) is 64.0 Å². The molecule has 0 radical (unpaired) electrons. The van der Waals surface area contributed by atoms with E-state index in [1.807, 2.05) is 43.3 Å². The summed E-state index contributed by atoms with van der Waals surface area (Å²) in [7, 11) is 0. The van der Waals surface area contributed by atoms with Crippen molar-refractivity contribution in [2.75, 3.05) is 6.54 Å². The first-order valence-electron chi connectivity index (χ1n) is 8.67. The Morgan fingerprint density at radius 2 is 1.74 bits per heavy atom. The molecular weight excluding hydrogens is 362 g/mol. The van der Waals surface area contributed by atoms with Gasteiger partial charge in [-0.25, -0.2) is 4.68 Å². The van der Waals surface area contributed by atoms with E-state index in [9.17, 15) is 9.59 Å². The minimum absolute atomic E-state index is 0.117. The lowest BCUT2D eigenvalue weighted by Gasteiger charge is -2.09. The van der Waals surface area contributed by atoms with Crippen molar-refractivity contribution in [1.82, 2.24) is 15.1 Å². The predicted molar refractivity (Wildman–Crippen MR) is 107 cm³/mol. The van der Waals surface area contributed by atoms with E-state index >= 15 is 0 Å². The van der Waals surface area contributed by atoms with Crippen LogP contribution in [-0.4, -0.2) is 22.2 Å². The lowest BCUT2D eigenvalue weighted by molar-refractivity contribution is -0.121. The van der Waals surface area contributed by atoms with Crippen LogP contribution in [0.15, 0.2) is 65.5 Å². The molecule has 0 saturated carbocycles. The maximum atomic E-state index is 12.2. The minimum Gasteiger partial charge on any atom is -0.354 e. The number of nitrogens with one attached hydrogen (secondary N) is 1. The summed E-state index contributed by atoms with van der Waals surface area (Å²) >= 11 is 5.90. The van der Waals surface area contributed by atoms with Crippen LogP contribution in [0.5, 0.6) is 0 Å². The van der Waals surface area contributed by atoms with Crippen LogP contribution in [0.3, 0.4) is 0 Å². The Labute approximate surface area is 162 Å². The van der Waals surface area contributed by atoms with Gasteiger partial charge in [-0.1, -0.05) is 53.6 Å². The lowest BCUT2D eigenvalue weighted by atomic mass is 10.1. The number of halogens is 1. The van der Waals surface area contributed by atoms with E-state index in [1.54, 1.807) is 18.2 Å². The van der Waals surface area contributed by atoms with Gasteiger partial charge in [0.05, 0.1) is 5.69 Å². The number of nitrogens with zero attached hydrogens (tertiary/aromatic N) is 2. The number of rotatable bonds is 6. The first-order chi connectivity index (χ1) is 13.0. The smallest absolute Gasteiger partial charge is 0.267 e. The second-order valence-electron chi connectivity index (χ2n) is 6.31. The molecule has 1 amide bonds. The monoisotopic (exact) mass is 381 g/mol. The van der Waals surface area contributed by atoms with Gasteiger partial charge in [0, 0.05) is 23.2 Å². The van der Waals surface area contributed by atoms with Crippen LogP contribution < -0.4 is 10.9 Å². The molecular formula is C21H20ClN3O2. The van der Waals surface area contributed by atoms with Crippen LogP contribution in [-0.2, 0) is 17.8 Å². The van der Waals surface area contributed by atoms with Gasteiger partial charge in [0.1, 0.15) is 6.54 Å². The summed E-state index contributed by atoms with van der Waals surface area (Å²) in [6.45, 7) is 2.43. The van der Waals surface area contributed by atoms with E-state index < -0.39 is 0 Å². The summed E-state index contributed by atoms with van der Waals surface area (Å²) in [5.74, 6) is -0.245. The lowest BCUT2D eigenvalue weighted by Crippen LogP contribution is -2.34. The van der Waals surface area contributed by atoms with Crippen molar-refractivity contribution in [3.63, 3.8) is 0 Å². The zero-order valence-corrected chi connectivity index (χ0v) is 15.7. The molecule has 2 aromatic carbocycles. The Balaban J connectivity index is 1.61. The molecule has 1 aromatic heterocycles. The number of aromatic nitrogens is 2. The van der Waals surface area contributed by atoms with Crippen LogP contribution >= 0.6 is 11.6 Å². The Hall–Kier alpha value is -2.92. The summed E-state index contributed by atoms with van der Waals surface area (Å²) in [5.41, 5.74) is 3.47. The van der Waals surface area contributed by atoms with Gasteiger partial charge in [-0.2, -0.15) is 5.10 Å². The molecule has 27 heavy (non-hydrogen) atoms. The van der Waals surface area contributed by atoms with Gasteiger partial charge in [0.2, 0.25) is 5.91 Å². The van der Waals surface area contributed by atoms with Crippen molar-refractivity contribution in [2.45, 2.75) is 19.9 Å². The number of amides is 1. The maximum absolute atomic E-state index is 12.2. The Morgan fingerprint density at radius 3 is 2.44 bits per heavy atom. The molecule has 0 saturated heterocycles. The van der Waals surface area contributed by atoms with Crippen molar-refractivity contribution in [3.8, 4) is 11.3 Å². The van der Waals surface area contributed by atoms with Crippen molar-refractivity contribution >= 4 is 17.5 Å². The second-order valence-corrected chi connectivity index (χ2v) is 6.74. The van der Waals surface area contributed by atoms with Crippen molar-refractivity contribution in [1.29, 1.82) is 0 Å². The number of benzene rings is 2. The zero-order valence-electron chi connectivity index (χ0n) is 15.0. The summed E-state index contributed by atoms with van der Waals surface area (Å²) in [4.78, 5) is 24.2. The first-order valence-corrected chi connectivity index (χ1v) is 9.05. The predicted octanol–water partition coefficient (Wildman–Crippen LogP) is 3.23. The standard InChI is InChI=1S/C21H20ClN3O2/c1-15-2-4-16(5-3-15)12-13-23-20(26)14-25-21(27)11-10-19(24-25)17-6-8-18(22)9-7-17/h2-11H,12-14H2,1H3,(H,23,26). The molecule has 0 aliphatic carbocycles. The molecule has 3 aromatic rings. The largest absolute Gasteiger partial charge is 0.354 e. The maximum Gasteiger partial charge on any atom is 0.267 e. The number of hydrogen-bond acceptors (Lipinski definition) is 3. The summed E-state index contributed by atoms with van der Waals surface area (Å²) in [6, 6.07) is 18.4. The molecule has 0 fully saturated rings. The van der Waals surface area contributed by atoms with Gasteiger partial charge < -0.3 is 5.32 Å². The van der Waals surface area contributed by atoms with E-state index in [2.05, 4.69) is 10.4 Å². The van der Waals surface area contributed by atoms with E-state index in [0.29, 0.717) is 17.3 Å². The van der Waals surface area contributed by atoms with Crippen LogP contribution in [0.1, 0.15) is 11.1 Å². The van der Waals surface area contributed by atoms with Gasteiger partial charge >= 0.3 is 0 Å². The molecule has 0 spiro atoms. The first kappa shape index (κ1) is 18.9. The van der Waals surface area contributed by atoms with E-state index in [-0.39, 0.29) is 18.0 Å². The molecule has 0 aliphatic rings. The van der Waals surface area contributed by atoms with Gasteiger partial charge in [-0.15, -0.1) is 0 Å². The summed E-state index contributed by atoms with van der Waals surface area (Å²) in [5, 5.41) is 7.75. The Bertz CT molecular complexity index is 980. The third-order valence-corrected chi connectivity index (χ3v) is 4.41. The normalized spacial score (nSPS) is 10.6. The number of aryl methyl sites for hydroxylation is 1. The Morgan fingerprint density at radius 1 is 1.04 bits per heavy atom. The fourth-order valence-corrected chi connectivity index (χ4v) is 2.76. The van der Waals surface area contributed by atoms with Gasteiger partial charge in [0.15, 0.2) is 0 Å². The molecule has 0 aliphatic heterocycles. The van der Waals surface area contributed by atoms with Gasteiger partial charge in [-0.3, -0.25) is 9.59 Å². The quantitative estimate of drug-likeness (QED) is 0.713. The molecule has 0 bridgehead atoms. The molecule has 0 unspecified atom stereocenters. The molecule has 1 heterocycles. The van der Waals surface area contributed by atoms with E-state index in [1.165, 1.54) is 16.3 Å². The van der Waals surface area contributed by atoms with E-state index in [4.69, 9.17) is 11.6 Å². The highest BCUT2D eigenvalue weighted by Crippen LogP contribution is 2.18. The Kier molecular flexibility index (Phi) is 6.04. The number of hydrogen-bond donors (Lipinski definition) is 1.